The van der Waals surface area contributed by atoms with Gasteiger partial charge in [0.15, 0.2) is 0 Å². The summed E-state index contributed by atoms with van der Waals surface area (Å²) in [5, 5.41) is 6.12. The third-order valence-electron chi connectivity index (χ3n) is 4.40. The van der Waals surface area contributed by atoms with Gasteiger partial charge in [-0.2, -0.15) is 18.2 Å². The highest BCUT2D eigenvalue weighted by Gasteiger charge is 2.29. The quantitative estimate of drug-likeness (QED) is 0.697. The Labute approximate surface area is 161 Å². The first-order valence-electron chi connectivity index (χ1n) is 9.13. The van der Waals surface area contributed by atoms with Crippen LogP contribution in [-0.4, -0.2) is 40.4 Å². The Morgan fingerprint density at radius 3 is 2.57 bits per heavy atom. The Hall–Kier alpha value is -2.84. The van der Waals surface area contributed by atoms with Gasteiger partial charge in [-0.05, 0) is 44.0 Å². The molecule has 0 atom stereocenters. The molecule has 1 aromatic carbocycles. The van der Waals surface area contributed by atoms with E-state index in [1.807, 2.05) is 11.8 Å². The Morgan fingerprint density at radius 1 is 1.18 bits per heavy atom. The van der Waals surface area contributed by atoms with Gasteiger partial charge in [-0.15, -0.1) is 0 Å². The van der Waals surface area contributed by atoms with Crippen molar-refractivity contribution in [2.75, 3.05) is 30.3 Å². The van der Waals surface area contributed by atoms with Crippen LogP contribution < -0.4 is 10.6 Å². The largest absolute Gasteiger partial charge is 0.416 e. The number of anilines is 3. The number of halogens is 3. The van der Waals surface area contributed by atoms with Crippen LogP contribution in [0.3, 0.4) is 0 Å². The Bertz CT molecular complexity index is 823. The summed E-state index contributed by atoms with van der Waals surface area (Å²) in [5.41, 5.74) is 0.487. The molecule has 2 N–H and O–H groups in total. The number of nitrogens with zero attached hydrogens (tertiary/aromatic N) is 3. The number of aromatic nitrogens is 2. The molecule has 2 heterocycles. The second-order valence-electron chi connectivity index (χ2n) is 6.68. The van der Waals surface area contributed by atoms with Crippen molar-refractivity contribution in [1.82, 2.24) is 14.9 Å². The number of nitrogens with one attached hydrogen (secondary N) is 2. The van der Waals surface area contributed by atoms with Crippen molar-refractivity contribution >= 4 is 23.4 Å². The van der Waals surface area contributed by atoms with Crippen LogP contribution in [0.15, 0.2) is 30.3 Å². The number of carbonyl (C=O) groups is 1. The topological polar surface area (TPSA) is 70.2 Å². The molecule has 1 aliphatic heterocycles. The average Bonchev–Trinajstić information content (AvgIpc) is 3.03. The number of hydrogen-bond donors (Lipinski definition) is 2. The summed E-state index contributed by atoms with van der Waals surface area (Å²) in [6, 6.07) is 6.50. The molecule has 0 aliphatic carbocycles. The lowest BCUT2D eigenvalue weighted by molar-refractivity contribution is -0.137. The van der Waals surface area contributed by atoms with Crippen LogP contribution in [0.4, 0.5) is 30.6 Å². The molecule has 2 aromatic rings. The minimum absolute atomic E-state index is 0.209. The number of aryl methyl sites for hydroxylation is 1. The number of benzene rings is 1. The van der Waals surface area contributed by atoms with E-state index < -0.39 is 11.7 Å². The maximum absolute atomic E-state index is 12.6. The molecular weight excluding hydrogens is 371 g/mol. The van der Waals surface area contributed by atoms with Crippen molar-refractivity contribution in [1.29, 1.82) is 0 Å². The van der Waals surface area contributed by atoms with Gasteiger partial charge in [-0.1, -0.05) is 0 Å². The summed E-state index contributed by atoms with van der Waals surface area (Å²) in [7, 11) is 0. The van der Waals surface area contributed by atoms with Crippen molar-refractivity contribution < 1.29 is 18.0 Å². The van der Waals surface area contributed by atoms with Crippen LogP contribution in [-0.2, 0) is 11.0 Å². The van der Waals surface area contributed by atoms with Crippen LogP contribution >= 0.6 is 0 Å². The molecule has 6 nitrogen and oxygen atoms in total. The van der Waals surface area contributed by atoms with Crippen molar-refractivity contribution in [3.63, 3.8) is 0 Å². The van der Waals surface area contributed by atoms with E-state index in [0.29, 0.717) is 37.0 Å². The van der Waals surface area contributed by atoms with Gasteiger partial charge in [-0.25, -0.2) is 4.98 Å². The first kappa shape index (κ1) is 19.9. The fourth-order valence-corrected chi connectivity index (χ4v) is 3.01. The van der Waals surface area contributed by atoms with E-state index >= 15 is 0 Å². The van der Waals surface area contributed by atoms with Crippen LogP contribution in [0.5, 0.6) is 0 Å². The van der Waals surface area contributed by atoms with E-state index in [9.17, 15) is 18.0 Å². The van der Waals surface area contributed by atoms with Gasteiger partial charge < -0.3 is 15.5 Å². The molecule has 1 aliphatic rings. The Morgan fingerprint density at radius 2 is 1.93 bits per heavy atom. The van der Waals surface area contributed by atoms with Gasteiger partial charge in [0.2, 0.25) is 11.9 Å². The highest BCUT2D eigenvalue weighted by Crippen LogP contribution is 2.30. The van der Waals surface area contributed by atoms with Gasteiger partial charge in [0, 0.05) is 43.5 Å². The van der Waals surface area contributed by atoms with E-state index in [-0.39, 0.29) is 5.91 Å². The Balaban J connectivity index is 1.56. The Kier molecular flexibility index (Phi) is 6.01. The summed E-state index contributed by atoms with van der Waals surface area (Å²) in [6.45, 7) is 4.01. The van der Waals surface area contributed by atoms with Gasteiger partial charge >= 0.3 is 6.18 Å². The average molecular weight is 393 g/mol. The summed E-state index contributed by atoms with van der Waals surface area (Å²) < 4.78 is 37.9. The normalized spacial score (nSPS) is 14.4. The summed E-state index contributed by atoms with van der Waals surface area (Å²) in [6.07, 6.45) is -2.00. The predicted molar refractivity (Wildman–Crippen MR) is 100 cm³/mol. The predicted octanol–water partition coefficient (Wildman–Crippen LogP) is 3.97. The minimum atomic E-state index is -4.37. The molecule has 0 spiro atoms. The smallest absolute Gasteiger partial charge is 0.370 e. The van der Waals surface area contributed by atoms with Crippen LogP contribution in [0.2, 0.25) is 0 Å². The minimum Gasteiger partial charge on any atom is -0.370 e. The number of hydrogen-bond acceptors (Lipinski definition) is 5. The van der Waals surface area contributed by atoms with Crippen molar-refractivity contribution in [2.24, 2.45) is 0 Å². The molecule has 1 fully saturated rings. The molecule has 9 heteroatoms. The number of carbonyl (C=O) groups excluding carboxylic acids is 1. The standard InChI is InChI=1S/C19H22F3N5O/c1-13-12-16(23-9-3-11-27-10-2-4-17(27)28)26-18(24-13)25-15-7-5-14(6-8-15)19(20,21)22/h5-8,12H,2-4,9-11H2,1H3,(H2,23,24,25,26). The van der Waals surface area contributed by atoms with Crippen molar-refractivity contribution in [3.05, 3.63) is 41.6 Å². The maximum Gasteiger partial charge on any atom is 0.416 e. The van der Waals surface area contributed by atoms with Crippen LogP contribution in [0.1, 0.15) is 30.5 Å². The summed E-state index contributed by atoms with van der Waals surface area (Å²) in [5.74, 6) is 1.13. The highest BCUT2D eigenvalue weighted by molar-refractivity contribution is 5.78. The van der Waals surface area contributed by atoms with E-state index in [2.05, 4.69) is 20.6 Å². The molecule has 3 rings (SSSR count). The van der Waals surface area contributed by atoms with E-state index in [4.69, 9.17) is 0 Å². The maximum atomic E-state index is 12.6. The first-order chi connectivity index (χ1) is 13.3. The van der Waals surface area contributed by atoms with Gasteiger partial charge in [-0.3, -0.25) is 4.79 Å². The lowest BCUT2D eigenvalue weighted by Gasteiger charge is -2.15. The zero-order valence-corrected chi connectivity index (χ0v) is 15.5. The van der Waals surface area contributed by atoms with Crippen molar-refractivity contribution in [2.45, 2.75) is 32.4 Å². The molecule has 1 aromatic heterocycles. The second kappa shape index (κ2) is 8.45. The summed E-state index contributed by atoms with van der Waals surface area (Å²) in [4.78, 5) is 22.1. The monoisotopic (exact) mass is 393 g/mol. The van der Waals surface area contributed by atoms with E-state index in [1.54, 1.807) is 6.07 Å². The van der Waals surface area contributed by atoms with Crippen molar-refractivity contribution in [3.8, 4) is 0 Å². The molecule has 0 saturated carbocycles. The molecular formula is C19H22F3N5O. The number of amides is 1. The van der Waals surface area contributed by atoms with Gasteiger partial charge in [0.05, 0.1) is 5.56 Å². The fourth-order valence-electron chi connectivity index (χ4n) is 3.01. The molecule has 0 unspecified atom stereocenters. The van der Waals surface area contributed by atoms with Gasteiger partial charge in [0.25, 0.3) is 0 Å². The first-order valence-corrected chi connectivity index (χ1v) is 9.13. The molecule has 150 valence electrons. The number of likely N-dealkylation sites (tertiary alicyclic amines) is 1. The lowest BCUT2D eigenvalue weighted by Crippen LogP contribution is -2.27. The third kappa shape index (κ3) is 5.34. The zero-order chi connectivity index (χ0) is 20.1. The zero-order valence-electron chi connectivity index (χ0n) is 15.5. The van der Waals surface area contributed by atoms with Crippen LogP contribution in [0.25, 0.3) is 0 Å². The van der Waals surface area contributed by atoms with E-state index in [1.165, 1.54) is 12.1 Å². The van der Waals surface area contributed by atoms with Gasteiger partial charge in [0.1, 0.15) is 5.82 Å². The number of alkyl halides is 3. The second-order valence-corrected chi connectivity index (χ2v) is 6.68. The molecule has 0 bridgehead atoms. The van der Waals surface area contributed by atoms with Crippen LogP contribution in [0, 0.1) is 6.92 Å². The molecule has 1 amide bonds. The number of rotatable bonds is 7. The molecule has 1 saturated heterocycles. The fraction of sp³-hybridized carbons (Fsp3) is 0.421. The highest BCUT2D eigenvalue weighted by atomic mass is 19.4. The molecule has 0 radical (unpaired) electrons. The SMILES string of the molecule is Cc1cc(NCCCN2CCCC2=O)nc(Nc2ccc(C(F)(F)F)cc2)n1. The summed E-state index contributed by atoms with van der Waals surface area (Å²) >= 11 is 0. The lowest BCUT2D eigenvalue weighted by atomic mass is 10.2. The molecule has 28 heavy (non-hydrogen) atoms. The van der Waals surface area contributed by atoms with E-state index in [0.717, 1.165) is 37.2 Å². The third-order valence-corrected chi connectivity index (χ3v) is 4.40.